The van der Waals surface area contributed by atoms with Crippen LogP contribution in [0, 0.1) is 6.92 Å². The van der Waals surface area contributed by atoms with E-state index in [0.29, 0.717) is 5.92 Å². The Labute approximate surface area is 194 Å². The van der Waals surface area contributed by atoms with E-state index in [1.165, 1.54) is 56.9 Å². The number of carboxylic acid groups (broad SMARTS) is 2. The minimum Gasteiger partial charge on any atom is -1.00 e. The van der Waals surface area contributed by atoms with Gasteiger partial charge in [0.2, 0.25) is 0 Å². The summed E-state index contributed by atoms with van der Waals surface area (Å²) >= 11 is 0. The van der Waals surface area contributed by atoms with E-state index in [1.807, 2.05) is 0 Å². The second kappa shape index (κ2) is 21.1. The molecule has 1 atom stereocenters. The summed E-state index contributed by atoms with van der Waals surface area (Å²) in [7, 11) is 0. The third-order valence-electron chi connectivity index (χ3n) is 3.73. The fourth-order valence-corrected chi connectivity index (χ4v) is 2.37. The van der Waals surface area contributed by atoms with Gasteiger partial charge in [-0.3, -0.25) is 9.59 Å². The molecule has 0 saturated carbocycles. The van der Waals surface area contributed by atoms with Crippen LogP contribution >= 0.6 is 0 Å². The molecule has 0 amide bonds. The number of rotatable bonds is 11. The van der Waals surface area contributed by atoms with Gasteiger partial charge in [-0.05, 0) is 0 Å². The molecule has 0 aromatic heterocycles. The SMILES string of the molecule is O=C(O)CC(=O)O.[CH2-]C(CCCCCCCCC)c1ccccc1.[H-].[Li+].[Na+]. The van der Waals surface area contributed by atoms with Crippen LogP contribution in [-0.4, -0.2) is 22.2 Å². The van der Waals surface area contributed by atoms with Gasteiger partial charge in [0.05, 0.1) is 0 Å². The van der Waals surface area contributed by atoms with Gasteiger partial charge in [0, 0.05) is 0 Å². The second-order valence-corrected chi connectivity index (χ2v) is 5.98. The van der Waals surface area contributed by atoms with E-state index in [9.17, 15) is 9.59 Å². The van der Waals surface area contributed by atoms with Gasteiger partial charge in [0.1, 0.15) is 6.42 Å². The molecular weight excluding hydrogens is 334 g/mol. The summed E-state index contributed by atoms with van der Waals surface area (Å²) in [5.74, 6) is -2.15. The van der Waals surface area contributed by atoms with Crippen LogP contribution in [0.5, 0.6) is 0 Å². The summed E-state index contributed by atoms with van der Waals surface area (Å²) in [6, 6.07) is 10.7. The molecular formula is C20H32LiNaO4. The van der Waals surface area contributed by atoms with Crippen molar-refractivity contribution in [3.8, 4) is 0 Å². The zero-order valence-corrected chi connectivity index (χ0v) is 18.7. The van der Waals surface area contributed by atoms with Crippen LogP contribution in [0.25, 0.3) is 0 Å². The van der Waals surface area contributed by atoms with E-state index >= 15 is 0 Å². The predicted octanol–water partition coefficient (Wildman–Crippen LogP) is -0.589. The largest absolute Gasteiger partial charge is 1.00 e. The molecule has 26 heavy (non-hydrogen) atoms. The Morgan fingerprint density at radius 1 is 0.962 bits per heavy atom. The Morgan fingerprint density at radius 3 is 1.85 bits per heavy atom. The van der Waals surface area contributed by atoms with Crippen molar-refractivity contribution in [3.63, 3.8) is 0 Å². The van der Waals surface area contributed by atoms with Crippen LogP contribution in [0.2, 0.25) is 0 Å². The van der Waals surface area contributed by atoms with Crippen LogP contribution in [0.4, 0.5) is 0 Å². The number of unbranched alkanes of at least 4 members (excludes halogenated alkanes) is 6. The molecule has 0 spiro atoms. The average Bonchev–Trinajstić information content (AvgIpc) is 2.54. The van der Waals surface area contributed by atoms with Crippen molar-refractivity contribution in [1.29, 1.82) is 0 Å². The molecule has 1 aromatic rings. The van der Waals surface area contributed by atoms with Crippen LogP contribution < -0.4 is 48.4 Å². The van der Waals surface area contributed by atoms with Crippen molar-refractivity contribution in [3.05, 3.63) is 42.8 Å². The van der Waals surface area contributed by atoms with Gasteiger partial charge in [-0.15, -0.1) is 5.92 Å². The molecule has 0 aliphatic heterocycles. The first-order valence-corrected chi connectivity index (χ1v) is 8.79. The van der Waals surface area contributed by atoms with Crippen molar-refractivity contribution in [2.45, 2.75) is 70.6 Å². The van der Waals surface area contributed by atoms with Crippen LogP contribution in [0.1, 0.15) is 77.6 Å². The predicted molar refractivity (Wildman–Crippen MR) is 98.2 cm³/mol. The monoisotopic (exact) mass is 366 g/mol. The summed E-state index contributed by atoms with van der Waals surface area (Å²) in [6.45, 7) is 6.53. The Balaban J connectivity index is -0.000000230. The summed E-state index contributed by atoms with van der Waals surface area (Å²) in [5.41, 5.74) is 1.39. The van der Waals surface area contributed by atoms with E-state index < -0.39 is 18.4 Å². The summed E-state index contributed by atoms with van der Waals surface area (Å²) in [4.78, 5) is 18.9. The van der Waals surface area contributed by atoms with Crippen molar-refractivity contribution in [2.24, 2.45) is 0 Å². The molecule has 1 aromatic carbocycles. The van der Waals surface area contributed by atoms with Gasteiger partial charge in [-0.1, -0.05) is 94.2 Å². The van der Waals surface area contributed by atoms with Crippen LogP contribution in [0.3, 0.4) is 0 Å². The maximum atomic E-state index is 9.43. The fraction of sp³-hybridized carbons (Fsp3) is 0.550. The van der Waals surface area contributed by atoms with E-state index in [2.05, 4.69) is 44.2 Å². The quantitative estimate of drug-likeness (QED) is 0.238. The zero-order valence-electron chi connectivity index (χ0n) is 17.7. The van der Waals surface area contributed by atoms with Crippen molar-refractivity contribution >= 4 is 11.9 Å². The maximum absolute atomic E-state index is 9.43. The molecule has 1 unspecified atom stereocenters. The number of carbonyl (C=O) groups is 2. The first kappa shape index (κ1) is 30.5. The number of benzene rings is 1. The number of hydrogen-bond donors (Lipinski definition) is 2. The first-order chi connectivity index (χ1) is 11.5. The van der Waals surface area contributed by atoms with Crippen LogP contribution in [-0.2, 0) is 9.59 Å². The summed E-state index contributed by atoms with van der Waals surface area (Å²) in [5, 5.41) is 15.4. The molecule has 138 valence electrons. The first-order valence-electron chi connectivity index (χ1n) is 8.79. The smallest absolute Gasteiger partial charge is 1.00 e. The van der Waals surface area contributed by atoms with E-state index in [1.54, 1.807) is 0 Å². The van der Waals surface area contributed by atoms with Crippen molar-refractivity contribution in [1.82, 2.24) is 0 Å². The Morgan fingerprint density at radius 2 is 1.42 bits per heavy atom. The van der Waals surface area contributed by atoms with Gasteiger partial charge < -0.3 is 18.6 Å². The average molecular weight is 366 g/mol. The Hall–Kier alpha value is -0.243. The molecule has 0 heterocycles. The van der Waals surface area contributed by atoms with Gasteiger partial charge in [-0.2, -0.15) is 0 Å². The zero-order chi connectivity index (χ0) is 18.2. The van der Waals surface area contributed by atoms with Gasteiger partial charge >= 0.3 is 60.4 Å². The topological polar surface area (TPSA) is 74.6 Å². The molecule has 0 saturated heterocycles. The molecule has 0 fully saturated rings. The second-order valence-electron chi connectivity index (χ2n) is 5.98. The van der Waals surface area contributed by atoms with E-state index in [-0.39, 0.29) is 49.8 Å². The Kier molecular flexibility index (Phi) is 24.7. The molecule has 1 rings (SSSR count). The standard InChI is InChI=1S/C17H27.C3H4O4.Li.Na.H/c1-3-4-5-6-7-8-10-13-16(2)17-14-11-9-12-15-17;4-2(5)1-3(6)7;;;/h9,11-12,14-16H,2-8,10,13H2,1H3;1H2,(H,4,5)(H,6,7);;;/q-1;;2*+1;-1. The van der Waals surface area contributed by atoms with Gasteiger partial charge in [-0.25, -0.2) is 0 Å². The minimum absolute atomic E-state index is 0. The van der Waals surface area contributed by atoms with Gasteiger partial charge in [0.15, 0.2) is 0 Å². The van der Waals surface area contributed by atoms with E-state index in [0.717, 1.165) is 0 Å². The van der Waals surface area contributed by atoms with Crippen LogP contribution in [0.15, 0.2) is 30.3 Å². The minimum atomic E-state index is -1.31. The molecule has 0 aliphatic rings. The number of aliphatic carboxylic acids is 2. The maximum Gasteiger partial charge on any atom is 1.00 e. The molecule has 0 radical (unpaired) electrons. The number of carboxylic acids is 2. The van der Waals surface area contributed by atoms with Crippen molar-refractivity contribution in [2.75, 3.05) is 0 Å². The molecule has 4 nitrogen and oxygen atoms in total. The normalized spacial score (nSPS) is 10.4. The molecule has 2 N–H and O–H groups in total. The number of hydrogen-bond acceptors (Lipinski definition) is 2. The summed E-state index contributed by atoms with van der Waals surface area (Å²) < 4.78 is 0. The van der Waals surface area contributed by atoms with Gasteiger partial charge in [0.25, 0.3) is 0 Å². The molecule has 0 aliphatic carbocycles. The van der Waals surface area contributed by atoms with E-state index in [4.69, 9.17) is 10.2 Å². The van der Waals surface area contributed by atoms with Crippen molar-refractivity contribution < 1.29 is 69.6 Å². The molecule has 0 bridgehead atoms. The fourth-order valence-electron chi connectivity index (χ4n) is 2.37. The third-order valence-corrected chi connectivity index (χ3v) is 3.73. The molecule has 6 heteroatoms. The Bertz CT molecular complexity index is 449. The summed E-state index contributed by atoms with van der Waals surface area (Å²) in [6.07, 6.45) is 10.1. The third kappa shape index (κ3) is 20.1.